The molecule has 0 aliphatic carbocycles. The molecule has 0 aliphatic heterocycles. The largest absolute Gasteiger partial charge is 0.465 e. The number of esters is 2. The number of aryl methyl sites for hydroxylation is 1. The molecule has 3 aromatic carbocycles. The van der Waals surface area contributed by atoms with Gasteiger partial charge in [-0.2, -0.15) is 0 Å². The van der Waals surface area contributed by atoms with Gasteiger partial charge in [-0.25, -0.2) is 18.0 Å². The molecular formula is C26H26N2O7S. The lowest BCUT2D eigenvalue weighted by Gasteiger charge is -2.26. The molecule has 3 rings (SSSR count). The van der Waals surface area contributed by atoms with E-state index in [2.05, 4.69) is 5.32 Å². The van der Waals surface area contributed by atoms with Crippen molar-refractivity contribution in [2.45, 2.75) is 18.2 Å². The van der Waals surface area contributed by atoms with Gasteiger partial charge in [0, 0.05) is 0 Å². The Labute approximate surface area is 209 Å². The number of rotatable bonds is 9. The van der Waals surface area contributed by atoms with E-state index in [4.69, 9.17) is 9.47 Å². The molecular weight excluding hydrogens is 484 g/mol. The highest BCUT2D eigenvalue weighted by Crippen LogP contribution is 2.28. The first-order valence-corrected chi connectivity index (χ1v) is 12.4. The Kier molecular flexibility index (Phi) is 8.44. The maximum Gasteiger partial charge on any atom is 0.339 e. The molecule has 0 saturated heterocycles. The molecule has 3 aromatic rings. The van der Waals surface area contributed by atoms with Crippen LogP contribution in [0.4, 0.5) is 11.4 Å². The molecule has 0 unspecified atom stereocenters. The van der Waals surface area contributed by atoms with E-state index in [1.807, 2.05) is 6.92 Å². The van der Waals surface area contributed by atoms with Gasteiger partial charge in [-0.15, -0.1) is 0 Å². The predicted octanol–water partition coefficient (Wildman–Crippen LogP) is 3.66. The van der Waals surface area contributed by atoms with Crippen molar-refractivity contribution in [1.82, 2.24) is 0 Å². The number of benzene rings is 3. The number of ether oxygens (including phenoxy) is 2. The molecule has 36 heavy (non-hydrogen) atoms. The van der Waals surface area contributed by atoms with Crippen molar-refractivity contribution in [2.75, 3.05) is 30.4 Å². The van der Waals surface area contributed by atoms with E-state index in [-0.39, 0.29) is 21.7 Å². The third-order valence-electron chi connectivity index (χ3n) is 5.38. The van der Waals surface area contributed by atoms with Crippen LogP contribution < -0.4 is 9.62 Å². The minimum absolute atomic E-state index is 0.00933. The SMILES string of the molecule is CCc1ccccc1N(CC(=O)Nc1cc(C(=O)OC)ccc1C(=O)OC)S(=O)(=O)c1ccccc1. The van der Waals surface area contributed by atoms with Gasteiger partial charge in [0.05, 0.1) is 41.6 Å². The quantitative estimate of drug-likeness (QED) is 0.436. The highest BCUT2D eigenvalue weighted by atomic mass is 32.2. The Morgan fingerprint density at radius 3 is 2.14 bits per heavy atom. The molecule has 0 aliphatic rings. The topological polar surface area (TPSA) is 119 Å². The smallest absolute Gasteiger partial charge is 0.339 e. The van der Waals surface area contributed by atoms with Gasteiger partial charge in [0.15, 0.2) is 0 Å². The Morgan fingerprint density at radius 1 is 0.861 bits per heavy atom. The molecule has 0 radical (unpaired) electrons. The third-order valence-corrected chi connectivity index (χ3v) is 7.15. The Morgan fingerprint density at radius 2 is 1.50 bits per heavy atom. The molecule has 0 fully saturated rings. The zero-order valence-electron chi connectivity index (χ0n) is 20.1. The fourth-order valence-electron chi connectivity index (χ4n) is 3.57. The van der Waals surface area contributed by atoms with Crippen LogP contribution in [0.3, 0.4) is 0 Å². The highest BCUT2D eigenvalue weighted by Gasteiger charge is 2.29. The van der Waals surface area contributed by atoms with E-state index < -0.39 is 34.4 Å². The van der Waals surface area contributed by atoms with Crippen molar-refractivity contribution in [1.29, 1.82) is 0 Å². The van der Waals surface area contributed by atoms with E-state index >= 15 is 0 Å². The number of nitrogens with one attached hydrogen (secondary N) is 1. The number of nitrogens with zero attached hydrogens (tertiary/aromatic N) is 1. The van der Waals surface area contributed by atoms with Crippen molar-refractivity contribution in [3.63, 3.8) is 0 Å². The number of anilines is 2. The zero-order valence-corrected chi connectivity index (χ0v) is 20.9. The van der Waals surface area contributed by atoms with Crippen molar-refractivity contribution in [2.24, 2.45) is 0 Å². The minimum Gasteiger partial charge on any atom is -0.465 e. The summed E-state index contributed by atoms with van der Waals surface area (Å²) in [6.07, 6.45) is 0.534. The van der Waals surface area contributed by atoms with Crippen LogP contribution in [0.25, 0.3) is 0 Å². The Hall–Kier alpha value is -4.18. The highest BCUT2D eigenvalue weighted by molar-refractivity contribution is 7.92. The molecule has 0 saturated carbocycles. The minimum atomic E-state index is -4.12. The molecule has 188 valence electrons. The van der Waals surface area contributed by atoms with E-state index in [9.17, 15) is 22.8 Å². The summed E-state index contributed by atoms with van der Waals surface area (Å²) in [6, 6.07) is 18.6. The van der Waals surface area contributed by atoms with Crippen LogP contribution in [-0.2, 0) is 30.7 Å². The van der Waals surface area contributed by atoms with E-state index in [0.717, 1.165) is 9.87 Å². The maximum absolute atomic E-state index is 13.6. The van der Waals surface area contributed by atoms with Crippen LogP contribution in [0.15, 0.2) is 77.7 Å². The molecule has 0 atom stereocenters. The predicted molar refractivity (Wildman–Crippen MR) is 135 cm³/mol. The zero-order chi connectivity index (χ0) is 26.3. The van der Waals surface area contributed by atoms with Crippen LogP contribution in [-0.4, -0.2) is 47.0 Å². The van der Waals surface area contributed by atoms with Crippen LogP contribution >= 0.6 is 0 Å². The number of methoxy groups -OCH3 is 2. The van der Waals surface area contributed by atoms with Gasteiger partial charge < -0.3 is 14.8 Å². The number of sulfonamides is 1. The number of carbonyl (C=O) groups is 3. The summed E-state index contributed by atoms with van der Waals surface area (Å²) in [5.74, 6) is -2.15. The number of amides is 1. The van der Waals surface area contributed by atoms with Crippen molar-refractivity contribution in [3.8, 4) is 0 Å². The monoisotopic (exact) mass is 510 g/mol. The average molecular weight is 511 g/mol. The number of para-hydroxylation sites is 1. The third kappa shape index (κ3) is 5.72. The fourth-order valence-corrected chi connectivity index (χ4v) is 5.05. The lowest BCUT2D eigenvalue weighted by Crippen LogP contribution is -2.39. The average Bonchev–Trinajstić information content (AvgIpc) is 2.91. The normalized spacial score (nSPS) is 10.9. The van der Waals surface area contributed by atoms with Gasteiger partial charge in [-0.3, -0.25) is 9.10 Å². The first kappa shape index (κ1) is 26.4. The van der Waals surface area contributed by atoms with Crippen molar-refractivity contribution >= 4 is 39.2 Å². The van der Waals surface area contributed by atoms with Gasteiger partial charge in [0.1, 0.15) is 6.54 Å². The first-order valence-electron chi connectivity index (χ1n) is 11.0. The Bertz CT molecular complexity index is 1370. The molecule has 1 amide bonds. The van der Waals surface area contributed by atoms with Crippen molar-refractivity contribution in [3.05, 3.63) is 89.5 Å². The summed E-state index contributed by atoms with van der Waals surface area (Å²) in [6.45, 7) is 1.30. The molecule has 0 bridgehead atoms. The fraction of sp³-hybridized carbons (Fsp3) is 0.192. The second kappa shape index (κ2) is 11.5. The summed E-state index contributed by atoms with van der Waals surface area (Å²) >= 11 is 0. The van der Waals surface area contributed by atoms with Crippen LogP contribution in [0, 0.1) is 0 Å². The Balaban J connectivity index is 2.03. The summed E-state index contributed by atoms with van der Waals surface area (Å²) < 4.78 is 37.7. The standard InChI is InChI=1S/C26H26N2O7S/c1-4-18-10-8-9-13-23(18)28(36(32,33)20-11-6-5-7-12-20)17-24(29)27-22-16-19(25(30)34-2)14-15-21(22)26(31)35-3/h5-16H,4,17H2,1-3H3,(H,27,29). The number of carbonyl (C=O) groups excluding carboxylic acids is 3. The molecule has 0 spiro atoms. The lowest BCUT2D eigenvalue weighted by atomic mass is 10.1. The van der Waals surface area contributed by atoms with Crippen molar-refractivity contribution < 1.29 is 32.3 Å². The second-order valence-electron chi connectivity index (χ2n) is 7.60. The van der Waals surface area contributed by atoms with Crippen LogP contribution in [0.5, 0.6) is 0 Å². The lowest BCUT2D eigenvalue weighted by molar-refractivity contribution is -0.114. The van der Waals surface area contributed by atoms with E-state index in [1.165, 1.54) is 44.6 Å². The van der Waals surface area contributed by atoms with Gasteiger partial charge in [-0.05, 0) is 48.4 Å². The van der Waals surface area contributed by atoms with Gasteiger partial charge in [0.25, 0.3) is 10.0 Å². The molecule has 9 nitrogen and oxygen atoms in total. The summed E-state index contributed by atoms with van der Waals surface area (Å²) in [4.78, 5) is 37.4. The number of hydrogen-bond acceptors (Lipinski definition) is 7. The summed E-state index contributed by atoms with van der Waals surface area (Å²) in [7, 11) is -1.74. The van der Waals surface area contributed by atoms with E-state index in [0.29, 0.717) is 12.1 Å². The van der Waals surface area contributed by atoms with E-state index in [1.54, 1.807) is 42.5 Å². The van der Waals surface area contributed by atoms with Crippen LogP contribution in [0.2, 0.25) is 0 Å². The van der Waals surface area contributed by atoms with Gasteiger partial charge in [-0.1, -0.05) is 43.3 Å². The first-order chi connectivity index (χ1) is 17.2. The maximum atomic E-state index is 13.6. The summed E-state index contributed by atoms with van der Waals surface area (Å²) in [5, 5.41) is 2.55. The summed E-state index contributed by atoms with van der Waals surface area (Å²) in [5.41, 5.74) is 1.15. The molecule has 0 aromatic heterocycles. The van der Waals surface area contributed by atoms with Gasteiger partial charge in [0.2, 0.25) is 5.91 Å². The number of hydrogen-bond donors (Lipinski definition) is 1. The van der Waals surface area contributed by atoms with Crippen LogP contribution in [0.1, 0.15) is 33.2 Å². The molecule has 0 heterocycles. The molecule has 1 N–H and O–H groups in total. The van der Waals surface area contributed by atoms with Gasteiger partial charge >= 0.3 is 11.9 Å². The molecule has 10 heteroatoms. The second-order valence-corrected chi connectivity index (χ2v) is 9.46.